The first kappa shape index (κ1) is 14.5. The first-order valence-corrected chi connectivity index (χ1v) is 7.96. The second-order valence-corrected chi connectivity index (χ2v) is 5.93. The minimum absolute atomic E-state index is 0.748. The van der Waals surface area contributed by atoms with Gasteiger partial charge in [0.15, 0.2) is 0 Å². The highest BCUT2D eigenvalue weighted by Gasteiger charge is 2.17. The zero-order chi connectivity index (χ0) is 14.7. The first-order chi connectivity index (χ1) is 10.3. The quantitative estimate of drug-likeness (QED) is 0.941. The van der Waals surface area contributed by atoms with E-state index < -0.39 is 0 Å². The van der Waals surface area contributed by atoms with Crippen LogP contribution in [0.3, 0.4) is 0 Å². The summed E-state index contributed by atoms with van der Waals surface area (Å²) in [5.41, 5.74) is 4.92. The van der Waals surface area contributed by atoms with Crippen molar-refractivity contribution in [3.8, 4) is 0 Å². The number of nitrogens with one attached hydrogen (secondary N) is 1. The van der Waals surface area contributed by atoms with Gasteiger partial charge in [0.05, 0.1) is 5.69 Å². The van der Waals surface area contributed by atoms with Crippen LogP contribution < -0.4 is 5.32 Å². The lowest BCUT2D eigenvalue weighted by Crippen LogP contribution is -2.27. The van der Waals surface area contributed by atoms with Gasteiger partial charge in [0.1, 0.15) is 5.82 Å². The Balaban J connectivity index is 1.93. The molecule has 2 heterocycles. The number of benzene rings is 1. The molecule has 0 radical (unpaired) electrons. The third-order valence-corrected chi connectivity index (χ3v) is 4.04. The topological polar surface area (TPSA) is 37.8 Å². The van der Waals surface area contributed by atoms with Crippen LogP contribution in [0, 0.1) is 0 Å². The van der Waals surface area contributed by atoms with E-state index in [1.807, 2.05) is 18.2 Å². The average Bonchev–Trinajstić information content (AvgIpc) is 2.47. The predicted octanol–water partition coefficient (Wildman–Crippen LogP) is 3.32. The van der Waals surface area contributed by atoms with Crippen LogP contribution in [0.2, 0.25) is 5.02 Å². The maximum absolute atomic E-state index is 6.06. The van der Waals surface area contributed by atoms with Gasteiger partial charge < -0.3 is 5.32 Å². The molecule has 1 aromatic heterocycles. The number of halogens is 1. The van der Waals surface area contributed by atoms with Crippen molar-refractivity contribution in [2.24, 2.45) is 0 Å². The van der Waals surface area contributed by atoms with Crippen LogP contribution >= 0.6 is 11.6 Å². The summed E-state index contributed by atoms with van der Waals surface area (Å²) in [5, 5.41) is 4.19. The van der Waals surface area contributed by atoms with Crippen molar-refractivity contribution in [2.75, 3.05) is 6.54 Å². The molecule has 3 nitrogen and oxygen atoms in total. The normalized spacial score (nSPS) is 14.0. The summed E-state index contributed by atoms with van der Waals surface area (Å²) in [4.78, 5) is 9.59. The van der Waals surface area contributed by atoms with E-state index in [0.717, 1.165) is 49.6 Å². The Labute approximate surface area is 130 Å². The molecule has 0 fully saturated rings. The third kappa shape index (κ3) is 3.42. The van der Waals surface area contributed by atoms with Crippen LogP contribution in [-0.2, 0) is 25.8 Å². The van der Waals surface area contributed by atoms with E-state index in [4.69, 9.17) is 21.6 Å². The second kappa shape index (κ2) is 6.54. The summed E-state index contributed by atoms with van der Waals surface area (Å²) in [5.74, 6) is 0.918. The number of rotatable bonds is 4. The lowest BCUT2D eigenvalue weighted by atomic mass is 10.0. The van der Waals surface area contributed by atoms with Crippen molar-refractivity contribution in [2.45, 2.75) is 39.2 Å². The lowest BCUT2D eigenvalue weighted by molar-refractivity contribution is 0.608. The summed E-state index contributed by atoms with van der Waals surface area (Å²) in [6.07, 6.45) is 3.88. The number of nitrogens with zero attached hydrogens (tertiary/aromatic N) is 2. The molecular weight excluding hydrogens is 282 g/mol. The fourth-order valence-electron chi connectivity index (χ4n) is 2.82. The highest BCUT2D eigenvalue weighted by Crippen LogP contribution is 2.19. The Hall–Kier alpha value is -1.45. The van der Waals surface area contributed by atoms with Gasteiger partial charge in [0.2, 0.25) is 0 Å². The Morgan fingerprint density at radius 2 is 2.19 bits per heavy atom. The Morgan fingerprint density at radius 3 is 3.00 bits per heavy atom. The Kier molecular flexibility index (Phi) is 4.51. The van der Waals surface area contributed by atoms with E-state index in [0.29, 0.717) is 0 Å². The van der Waals surface area contributed by atoms with Crippen LogP contribution in [0.1, 0.15) is 41.7 Å². The van der Waals surface area contributed by atoms with E-state index in [9.17, 15) is 0 Å². The number of fused-ring (bicyclic) bond motifs is 1. The highest BCUT2D eigenvalue weighted by atomic mass is 35.5. The van der Waals surface area contributed by atoms with Gasteiger partial charge in [0.25, 0.3) is 0 Å². The van der Waals surface area contributed by atoms with E-state index in [-0.39, 0.29) is 0 Å². The minimum Gasteiger partial charge on any atom is -0.312 e. The van der Waals surface area contributed by atoms with E-state index in [2.05, 4.69) is 18.3 Å². The van der Waals surface area contributed by atoms with Crippen molar-refractivity contribution in [1.29, 1.82) is 0 Å². The van der Waals surface area contributed by atoms with Crippen LogP contribution in [0.15, 0.2) is 24.3 Å². The van der Waals surface area contributed by atoms with Gasteiger partial charge in [-0.2, -0.15) is 0 Å². The van der Waals surface area contributed by atoms with Crippen molar-refractivity contribution in [3.05, 3.63) is 57.6 Å². The second-order valence-electron chi connectivity index (χ2n) is 5.50. The number of hydrogen-bond acceptors (Lipinski definition) is 3. The monoisotopic (exact) mass is 301 g/mol. The maximum Gasteiger partial charge on any atom is 0.133 e. The van der Waals surface area contributed by atoms with E-state index in [1.54, 1.807) is 0 Å². The van der Waals surface area contributed by atoms with E-state index >= 15 is 0 Å². The molecule has 2 aromatic rings. The van der Waals surface area contributed by atoms with Crippen molar-refractivity contribution in [1.82, 2.24) is 15.3 Å². The molecular formula is C17H20ClN3. The molecule has 0 atom stereocenters. The predicted molar refractivity (Wildman–Crippen MR) is 85.7 cm³/mol. The molecule has 4 heteroatoms. The molecule has 21 heavy (non-hydrogen) atoms. The van der Waals surface area contributed by atoms with Crippen LogP contribution in [-0.4, -0.2) is 16.5 Å². The molecule has 0 spiro atoms. The van der Waals surface area contributed by atoms with Gasteiger partial charge in [0, 0.05) is 42.2 Å². The zero-order valence-electron chi connectivity index (χ0n) is 12.3. The summed E-state index contributed by atoms with van der Waals surface area (Å²) in [6.45, 7) is 4.11. The fraction of sp³-hybridized carbons (Fsp3) is 0.412. The molecule has 0 bridgehead atoms. The van der Waals surface area contributed by atoms with E-state index in [1.165, 1.54) is 22.5 Å². The fourth-order valence-corrected chi connectivity index (χ4v) is 3.03. The Bertz CT molecular complexity index is 640. The van der Waals surface area contributed by atoms with Crippen molar-refractivity contribution >= 4 is 11.6 Å². The van der Waals surface area contributed by atoms with Crippen LogP contribution in [0.4, 0.5) is 0 Å². The van der Waals surface area contributed by atoms with Gasteiger partial charge >= 0.3 is 0 Å². The SMILES string of the molecule is CCCc1nc(Cc2cccc(Cl)c2)nc2c1CNCC2. The first-order valence-electron chi connectivity index (χ1n) is 7.59. The van der Waals surface area contributed by atoms with Crippen LogP contribution in [0.5, 0.6) is 0 Å². The average molecular weight is 302 g/mol. The van der Waals surface area contributed by atoms with Crippen molar-refractivity contribution in [3.63, 3.8) is 0 Å². The third-order valence-electron chi connectivity index (χ3n) is 3.80. The molecule has 0 saturated carbocycles. The standard InChI is InChI=1S/C17H20ClN3/c1-2-4-15-14-11-19-8-7-16(14)21-17(20-15)10-12-5-3-6-13(18)9-12/h3,5-6,9,19H,2,4,7-8,10-11H2,1H3. The summed E-state index contributed by atoms with van der Waals surface area (Å²) in [7, 11) is 0. The van der Waals surface area contributed by atoms with Gasteiger partial charge in [-0.3, -0.25) is 0 Å². The van der Waals surface area contributed by atoms with Crippen molar-refractivity contribution < 1.29 is 0 Å². The number of aromatic nitrogens is 2. The van der Waals surface area contributed by atoms with Gasteiger partial charge in [-0.15, -0.1) is 0 Å². The smallest absolute Gasteiger partial charge is 0.133 e. The maximum atomic E-state index is 6.06. The molecule has 0 unspecified atom stereocenters. The molecule has 0 aliphatic carbocycles. The molecule has 0 amide bonds. The number of aryl methyl sites for hydroxylation is 1. The molecule has 110 valence electrons. The summed E-state index contributed by atoms with van der Waals surface area (Å²) in [6, 6.07) is 7.95. The highest BCUT2D eigenvalue weighted by molar-refractivity contribution is 6.30. The molecule has 1 aliphatic heterocycles. The summed E-state index contributed by atoms with van der Waals surface area (Å²) >= 11 is 6.06. The van der Waals surface area contributed by atoms with Crippen LogP contribution in [0.25, 0.3) is 0 Å². The molecule has 1 aromatic carbocycles. The largest absolute Gasteiger partial charge is 0.312 e. The molecule has 3 rings (SSSR count). The summed E-state index contributed by atoms with van der Waals surface area (Å²) < 4.78 is 0. The van der Waals surface area contributed by atoms with Gasteiger partial charge in [-0.25, -0.2) is 9.97 Å². The minimum atomic E-state index is 0.748. The van der Waals surface area contributed by atoms with Gasteiger partial charge in [-0.05, 0) is 24.1 Å². The molecule has 1 N–H and O–H groups in total. The zero-order valence-corrected chi connectivity index (χ0v) is 13.1. The molecule has 1 aliphatic rings. The molecule has 0 saturated heterocycles. The Morgan fingerprint density at radius 1 is 1.29 bits per heavy atom. The number of hydrogen-bond donors (Lipinski definition) is 1. The lowest BCUT2D eigenvalue weighted by Gasteiger charge is -2.20. The van der Waals surface area contributed by atoms with Gasteiger partial charge in [-0.1, -0.05) is 37.1 Å².